The van der Waals surface area contributed by atoms with Crippen molar-refractivity contribution in [3.8, 4) is 11.3 Å². The number of amides is 1. The van der Waals surface area contributed by atoms with Gasteiger partial charge < -0.3 is 19.3 Å². The first-order valence-electron chi connectivity index (χ1n) is 13.5. The van der Waals surface area contributed by atoms with E-state index in [9.17, 15) is 9.59 Å². The molecule has 1 aromatic carbocycles. The third-order valence-electron chi connectivity index (χ3n) is 7.28. The summed E-state index contributed by atoms with van der Waals surface area (Å²) in [7, 11) is 1.33. The third kappa shape index (κ3) is 6.70. The van der Waals surface area contributed by atoms with Gasteiger partial charge in [-0.2, -0.15) is 0 Å². The Bertz CT molecular complexity index is 1310. The minimum Gasteiger partial charge on any atom is -0.466 e. The van der Waals surface area contributed by atoms with Gasteiger partial charge in [0.2, 0.25) is 5.91 Å². The summed E-state index contributed by atoms with van der Waals surface area (Å²) in [5.74, 6) is -0.530. The van der Waals surface area contributed by atoms with Crippen LogP contribution < -0.4 is 9.80 Å². The van der Waals surface area contributed by atoms with Crippen molar-refractivity contribution in [3.63, 3.8) is 0 Å². The lowest BCUT2D eigenvalue weighted by Crippen LogP contribution is -2.38. The molecule has 0 atom stereocenters. The molecular weight excluding hydrogens is 492 g/mol. The second-order valence-electron chi connectivity index (χ2n) is 9.94. The van der Waals surface area contributed by atoms with Gasteiger partial charge in [-0.25, -0.2) is 4.79 Å². The number of hydrogen-bond acceptors (Lipinski definition) is 7. The van der Waals surface area contributed by atoms with Gasteiger partial charge >= 0.3 is 5.97 Å². The van der Waals surface area contributed by atoms with E-state index in [0.29, 0.717) is 43.9 Å². The van der Waals surface area contributed by atoms with E-state index >= 15 is 0 Å². The zero-order chi connectivity index (χ0) is 27.0. The summed E-state index contributed by atoms with van der Waals surface area (Å²) in [6.45, 7) is 3.72. The number of rotatable bonds is 8. The first-order chi connectivity index (χ1) is 19.1. The normalized spacial score (nSPS) is 16.0. The predicted molar refractivity (Wildman–Crippen MR) is 151 cm³/mol. The van der Waals surface area contributed by atoms with E-state index in [1.54, 1.807) is 23.4 Å². The van der Waals surface area contributed by atoms with Crippen LogP contribution in [0.2, 0.25) is 0 Å². The number of nitrogens with zero attached hydrogens (tertiary/aromatic N) is 4. The molecule has 0 N–H and O–H groups in total. The van der Waals surface area contributed by atoms with Crippen LogP contribution in [-0.2, 0) is 25.6 Å². The van der Waals surface area contributed by atoms with Crippen LogP contribution in [0.25, 0.3) is 17.3 Å². The maximum atomic E-state index is 13.7. The minimum atomic E-state index is -0.451. The van der Waals surface area contributed by atoms with Crippen molar-refractivity contribution >= 4 is 29.3 Å². The molecule has 2 aromatic heterocycles. The molecule has 0 saturated carbocycles. The Labute approximate surface area is 229 Å². The van der Waals surface area contributed by atoms with Gasteiger partial charge in [-0.15, -0.1) is 0 Å². The Morgan fingerprint density at radius 3 is 2.64 bits per heavy atom. The van der Waals surface area contributed by atoms with E-state index in [2.05, 4.69) is 38.9 Å². The molecule has 0 aliphatic carbocycles. The predicted octanol–water partition coefficient (Wildman–Crippen LogP) is 4.89. The molecule has 202 valence electrons. The summed E-state index contributed by atoms with van der Waals surface area (Å²) in [4.78, 5) is 38.5. The van der Waals surface area contributed by atoms with E-state index in [4.69, 9.17) is 9.72 Å². The Hall–Kier alpha value is -4.04. The van der Waals surface area contributed by atoms with Gasteiger partial charge in [0, 0.05) is 61.9 Å². The summed E-state index contributed by atoms with van der Waals surface area (Å²) in [5.41, 5.74) is 5.51. The highest BCUT2D eigenvalue weighted by Gasteiger charge is 2.28. The van der Waals surface area contributed by atoms with E-state index in [1.165, 1.54) is 31.7 Å². The highest BCUT2D eigenvalue weighted by molar-refractivity contribution is 5.95. The molecule has 3 aromatic rings. The molecule has 0 bridgehead atoms. The number of benzene rings is 1. The molecule has 2 saturated heterocycles. The number of carbonyl (C=O) groups is 2. The van der Waals surface area contributed by atoms with Crippen LogP contribution in [0.5, 0.6) is 0 Å². The number of hydrogen-bond donors (Lipinski definition) is 0. The van der Waals surface area contributed by atoms with Crippen molar-refractivity contribution in [2.24, 2.45) is 5.92 Å². The summed E-state index contributed by atoms with van der Waals surface area (Å²) in [6.07, 6.45) is 12.0. The number of pyridine rings is 2. The molecule has 2 fully saturated rings. The van der Waals surface area contributed by atoms with Gasteiger partial charge in [0.15, 0.2) is 0 Å². The van der Waals surface area contributed by atoms with E-state index in [-0.39, 0.29) is 11.8 Å². The molecule has 5 rings (SSSR count). The summed E-state index contributed by atoms with van der Waals surface area (Å²) >= 11 is 0. The van der Waals surface area contributed by atoms with Crippen molar-refractivity contribution in [3.05, 3.63) is 78.3 Å². The highest BCUT2D eigenvalue weighted by atomic mass is 16.5. The smallest absolute Gasteiger partial charge is 0.330 e. The largest absolute Gasteiger partial charge is 0.466 e. The van der Waals surface area contributed by atoms with Crippen LogP contribution >= 0.6 is 0 Å². The Morgan fingerprint density at radius 1 is 1.08 bits per heavy atom. The monoisotopic (exact) mass is 526 g/mol. The van der Waals surface area contributed by atoms with Gasteiger partial charge in [0.1, 0.15) is 0 Å². The second kappa shape index (κ2) is 12.7. The number of aromatic nitrogens is 2. The topological polar surface area (TPSA) is 84.9 Å². The van der Waals surface area contributed by atoms with Crippen molar-refractivity contribution in [1.82, 2.24) is 9.97 Å². The van der Waals surface area contributed by atoms with Crippen LogP contribution in [0.15, 0.2) is 67.1 Å². The Morgan fingerprint density at radius 2 is 1.90 bits per heavy atom. The lowest BCUT2D eigenvalue weighted by atomic mass is 9.98. The SMILES string of the molecule is COC(=O)/C=C/c1cncc(N(Cc2ccc(-c3cccc(N4CCCC4)c3)nc2)C(=O)C2CCOCC2)c1. The molecule has 0 radical (unpaired) electrons. The fraction of sp³-hybridized carbons (Fsp3) is 0.355. The summed E-state index contributed by atoms with van der Waals surface area (Å²) < 4.78 is 10.2. The van der Waals surface area contributed by atoms with Crippen LogP contribution in [0, 0.1) is 5.92 Å². The molecule has 0 unspecified atom stereocenters. The van der Waals surface area contributed by atoms with Crippen molar-refractivity contribution in [1.29, 1.82) is 0 Å². The van der Waals surface area contributed by atoms with Crippen molar-refractivity contribution in [2.45, 2.75) is 32.2 Å². The molecule has 1 amide bonds. The summed E-state index contributed by atoms with van der Waals surface area (Å²) in [5, 5.41) is 0. The molecule has 8 nitrogen and oxygen atoms in total. The number of ether oxygens (including phenoxy) is 2. The molecular formula is C31H34N4O4. The summed E-state index contributed by atoms with van der Waals surface area (Å²) in [6, 6.07) is 14.4. The van der Waals surface area contributed by atoms with E-state index in [1.807, 2.05) is 24.4 Å². The van der Waals surface area contributed by atoms with E-state index < -0.39 is 5.97 Å². The van der Waals surface area contributed by atoms with Gasteiger partial charge in [-0.05, 0) is 67.2 Å². The zero-order valence-electron chi connectivity index (χ0n) is 22.3. The molecule has 2 aliphatic heterocycles. The standard InChI is InChI=1S/C31H34N4O4/c1-38-30(36)10-8-23-17-28(21-32-19-23)35(31(37)25-11-15-39-16-12-25)22-24-7-9-29(33-20-24)26-5-4-6-27(18-26)34-13-2-3-14-34/h4-10,17-21,25H,2-3,11-16,22H2,1H3/b10-8+. The number of carbonyl (C=O) groups excluding carboxylic acids is 2. The van der Waals surface area contributed by atoms with Crippen LogP contribution in [0.3, 0.4) is 0 Å². The van der Waals surface area contributed by atoms with Gasteiger partial charge in [-0.3, -0.25) is 14.8 Å². The number of esters is 1. The van der Waals surface area contributed by atoms with Crippen molar-refractivity contribution in [2.75, 3.05) is 43.2 Å². The fourth-order valence-corrected chi connectivity index (χ4v) is 5.09. The maximum Gasteiger partial charge on any atom is 0.330 e. The lowest BCUT2D eigenvalue weighted by Gasteiger charge is -2.29. The molecule has 39 heavy (non-hydrogen) atoms. The Balaban J connectivity index is 1.38. The van der Waals surface area contributed by atoms with Gasteiger partial charge in [0.25, 0.3) is 0 Å². The molecule has 8 heteroatoms. The lowest BCUT2D eigenvalue weighted by molar-refractivity contribution is -0.134. The third-order valence-corrected chi connectivity index (χ3v) is 7.28. The molecule has 4 heterocycles. The van der Waals surface area contributed by atoms with Crippen LogP contribution in [-0.4, -0.2) is 55.3 Å². The average molecular weight is 527 g/mol. The van der Waals surface area contributed by atoms with Gasteiger partial charge in [-0.1, -0.05) is 18.2 Å². The molecule has 2 aliphatic rings. The quantitative estimate of drug-likeness (QED) is 0.305. The number of methoxy groups -OCH3 is 1. The zero-order valence-corrected chi connectivity index (χ0v) is 22.3. The van der Waals surface area contributed by atoms with E-state index in [0.717, 1.165) is 29.9 Å². The minimum absolute atomic E-state index is 0.0385. The fourth-order valence-electron chi connectivity index (χ4n) is 5.09. The number of anilines is 2. The Kier molecular flexibility index (Phi) is 8.63. The first-order valence-corrected chi connectivity index (χ1v) is 13.5. The van der Waals surface area contributed by atoms with Crippen LogP contribution in [0.1, 0.15) is 36.8 Å². The van der Waals surface area contributed by atoms with Gasteiger partial charge in [0.05, 0.1) is 31.2 Å². The van der Waals surface area contributed by atoms with Crippen molar-refractivity contribution < 1.29 is 19.1 Å². The molecule has 0 spiro atoms. The highest BCUT2D eigenvalue weighted by Crippen LogP contribution is 2.28. The average Bonchev–Trinajstić information content (AvgIpc) is 3.55. The first kappa shape index (κ1) is 26.6. The maximum absolute atomic E-state index is 13.7. The van der Waals surface area contributed by atoms with Crippen LogP contribution in [0.4, 0.5) is 11.4 Å². The second-order valence-corrected chi connectivity index (χ2v) is 9.94.